The molecule has 0 fully saturated rings. The van der Waals surface area contributed by atoms with Gasteiger partial charge in [0.1, 0.15) is 0 Å². The number of amides is 1. The molecular weight excluding hydrogens is 384 g/mol. The van der Waals surface area contributed by atoms with Crippen molar-refractivity contribution in [1.29, 1.82) is 0 Å². The van der Waals surface area contributed by atoms with Crippen molar-refractivity contribution in [2.75, 3.05) is 17.7 Å². The Morgan fingerprint density at radius 3 is 2.45 bits per heavy atom. The Balaban J connectivity index is 1.60. The molecule has 5 heteroatoms. The van der Waals surface area contributed by atoms with E-state index in [1.807, 2.05) is 60.7 Å². The molecule has 0 atom stereocenters. The minimum Gasteiger partial charge on any atom is -0.357 e. The maximum Gasteiger partial charge on any atom is 0.255 e. The lowest BCUT2D eigenvalue weighted by Gasteiger charge is -2.20. The van der Waals surface area contributed by atoms with Crippen molar-refractivity contribution in [3.05, 3.63) is 84.1 Å². The monoisotopic (exact) mass is 410 g/mol. The molecule has 3 aromatic carbocycles. The third-order valence-electron chi connectivity index (χ3n) is 5.25. The molecule has 2 N–H and O–H groups in total. The largest absolute Gasteiger partial charge is 0.357 e. The standard InChI is InChI=1S/C26H26N4O/c1-26(2,3)21-9-6-10-22(15-21)29-24(31)19-8-5-7-17(13-19)18-11-12-23-20(14-18)16-28-25(27-4)30-23/h5-16H,1-4H3,(H,29,31)(H,27,28,30). The normalized spacial score (nSPS) is 11.4. The molecular formula is C26H26N4O. The van der Waals surface area contributed by atoms with Crippen LogP contribution in [0.15, 0.2) is 72.9 Å². The van der Waals surface area contributed by atoms with Crippen molar-refractivity contribution >= 4 is 28.4 Å². The van der Waals surface area contributed by atoms with E-state index in [2.05, 4.69) is 47.4 Å². The van der Waals surface area contributed by atoms with Gasteiger partial charge in [-0.1, -0.05) is 51.1 Å². The van der Waals surface area contributed by atoms with Gasteiger partial charge in [-0.2, -0.15) is 0 Å². The SMILES string of the molecule is CNc1ncc2cc(-c3cccc(C(=O)Nc4cccc(C(C)(C)C)c4)c3)ccc2n1. The molecule has 0 aliphatic rings. The molecule has 0 aliphatic carbocycles. The van der Waals surface area contributed by atoms with Gasteiger partial charge in [-0.25, -0.2) is 9.97 Å². The molecule has 0 saturated carbocycles. The molecule has 1 aromatic heterocycles. The van der Waals surface area contributed by atoms with Gasteiger partial charge < -0.3 is 10.6 Å². The summed E-state index contributed by atoms with van der Waals surface area (Å²) in [6, 6.07) is 21.7. The number of benzene rings is 3. The lowest BCUT2D eigenvalue weighted by atomic mass is 9.87. The van der Waals surface area contributed by atoms with Crippen LogP contribution < -0.4 is 10.6 Å². The molecule has 0 saturated heterocycles. The Kier molecular flexibility index (Phi) is 5.42. The molecule has 31 heavy (non-hydrogen) atoms. The molecule has 0 bridgehead atoms. The maximum absolute atomic E-state index is 12.9. The Morgan fingerprint density at radius 1 is 0.903 bits per heavy atom. The van der Waals surface area contributed by atoms with Crippen LogP contribution in [0.2, 0.25) is 0 Å². The van der Waals surface area contributed by atoms with E-state index in [0.717, 1.165) is 27.7 Å². The highest BCUT2D eigenvalue weighted by atomic mass is 16.1. The van der Waals surface area contributed by atoms with Crippen molar-refractivity contribution < 1.29 is 4.79 Å². The number of nitrogens with one attached hydrogen (secondary N) is 2. The second kappa shape index (κ2) is 8.19. The highest BCUT2D eigenvalue weighted by molar-refractivity contribution is 6.05. The summed E-state index contributed by atoms with van der Waals surface area (Å²) < 4.78 is 0. The first-order valence-corrected chi connectivity index (χ1v) is 10.3. The average Bonchev–Trinajstić information content (AvgIpc) is 2.78. The number of aromatic nitrogens is 2. The second-order valence-corrected chi connectivity index (χ2v) is 8.58. The lowest BCUT2D eigenvalue weighted by molar-refractivity contribution is 0.102. The number of fused-ring (bicyclic) bond motifs is 1. The third-order valence-corrected chi connectivity index (χ3v) is 5.25. The van der Waals surface area contributed by atoms with Gasteiger partial charge in [-0.05, 0) is 58.5 Å². The molecule has 1 heterocycles. The van der Waals surface area contributed by atoms with Crippen LogP contribution in [0.5, 0.6) is 0 Å². The molecule has 4 rings (SSSR count). The van der Waals surface area contributed by atoms with E-state index in [1.54, 1.807) is 13.2 Å². The molecule has 0 unspecified atom stereocenters. The Labute approximate surface area is 182 Å². The Bertz CT molecular complexity index is 1260. The fraction of sp³-hybridized carbons (Fsp3) is 0.192. The topological polar surface area (TPSA) is 66.9 Å². The zero-order valence-corrected chi connectivity index (χ0v) is 18.2. The van der Waals surface area contributed by atoms with E-state index in [4.69, 9.17) is 0 Å². The van der Waals surface area contributed by atoms with E-state index in [0.29, 0.717) is 11.5 Å². The van der Waals surface area contributed by atoms with E-state index >= 15 is 0 Å². The summed E-state index contributed by atoms with van der Waals surface area (Å²) in [6.45, 7) is 6.47. The number of hydrogen-bond acceptors (Lipinski definition) is 4. The van der Waals surface area contributed by atoms with E-state index in [-0.39, 0.29) is 11.3 Å². The van der Waals surface area contributed by atoms with Crippen molar-refractivity contribution in [2.45, 2.75) is 26.2 Å². The fourth-order valence-electron chi connectivity index (χ4n) is 3.44. The van der Waals surface area contributed by atoms with Gasteiger partial charge in [0, 0.05) is 29.9 Å². The highest BCUT2D eigenvalue weighted by Gasteiger charge is 2.15. The number of rotatable bonds is 4. The van der Waals surface area contributed by atoms with Gasteiger partial charge in [0.2, 0.25) is 5.95 Å². The summed E-state index contributed by atoms with van der Waals surface area (Å²) in [6.07, 6.45) is 1.80. The molecule has 0 radical (unpaired) electrons. The first-order valence-electron chi connectivity index (χ1n) is 10.3. The summed E-state index contributed by atoms with van der Waals surface area (Å²) in [7, 11) is 1.80. The van der Waals surface area contributed by atoms with Crippen LogP contribution in [-0.2, 0) is 5.41 Å². The first-order chi connectivity index (χ1) is 14.8. The molecule has 5 nitrogen and oxygen atoms in total. The predicted molar refractivity (Wildman–Crippen MR) is 128 cm³/mol. The van der Waals surface area contributed by atoms with Gasteiger partial charge >= 0.3 is 0 Å². The quantitative estimate of drug-likeness (QED) is 0.440. The van der Waals surface area contributed by atoms with Crippen LogP contribution in [0.25, 0.3) is 22.0 Å². The van der Waals surface area contributed by atoms with Crippen LogP contribution in [-0.4, -0.2) is 22.9 Å². The van der Waals surface area contributed by atoms with E-state index < -0.39 is 0 Å². The number of carbonyl (C=O) groups is 1. The number of carbonyl (C=O) groups excluding carboxylic acids is 1. The minimum absolute atomic E-state index is 0.0222. The second-order valence-electron chi connectivity index (χ2n) is 8.58. The van der Waals surface area contributed by atoms with Gasteiger partial charge in [-0.3, -0.25) is 4.79 Å². The highest BCUT2D eigenvalue weighted by Crippen LogP contribution is 2.27. The van der Waals surface area contributed by atoms with Gasteiger partial charge in [0.25, 0.3) is 5.91 Å². The van der Waals surface area contributed by atoms with Gasteiger partial charge in [-0.15, -0.1) is 0 Å². The van der Waals surface area contributed by atoms with Crippen LogP contribution in [0.1, 0.15) is 36.7 Å². The number of hydrogen-bond donors (Lipinski definition) is 2. The Hall–Kier alpha value is -3.73. The van der Waals surface area contributed by atoms with Crippen LogP contribution in [0.3, 0.4) is 0 Å². The summed E-state index contributed by atoms with van der Waals surface area (Å²) in [5.41, 5.74) is 5.46. The molecule has 4 aromatic rings. The van der Waals surface area contributed by atoms with Crippen molar-refractivity contribution in [1.82, 2.24) is 9.97 Å². The minimum atomic E-state index is -0.129. The molecule has 0 spiro atoms. The van der Waals surface area contributed by atoms with Crippen molar-refractivity contribution in [3.8, 4) is 11.1 Å². The smallest absolute Gasteiger partial charge is 0.255 e. The lowest BCUT2D eigenvalue weighted by Crippen LogP contribution is -2.14. The molecule has 0 aliphatic heterocycles. The van der Waals surface area contributed by atoms with Crippen LogP contribution in [0, 0.1) is 0 Å². The van der Waals surface area contributed by atoms with Crippen molar-refractivity contribution in [2.24, 2.45) is 0 Å². The third kappa shape index (κ3) is 4.56. The predicted octanol–water partition coefficient (Wildman–Crippen LogP) is 5.89. The number of nitrogens with zero attached hydrogens (tertiary/aromatic N) is 2. The number of anilines is 2. The molecule has 1 amide bonds. The van der Waals surface area contributed by atoms with Crippen LogP contribution >= 0.6 is 0 Å². The summed E-state index contributed by atoms with van der Waals surface area (Å²) >= 11 is 0. The fourth-order valence-corrected chi connectivity index (χ4v) is 3.44. The van der Waals surface area contributed by atoms with Crippen LogP contribution in [0.4, 0.5) is 11.6 Å². The first kappa shape index (κ1) is 20.5. The zero-order chi connectivity index (χ0) is 22.0. The van der Waals surface area contributed by atoms with Gasteiger partial charge in [0.05, 0.1) is 5.52 Å². The van der Waals surface area contributed by atoms with E-state index in [9.17, 15) is 4.79 Å². The zero-order valence-electron chi connectivity index (χ0n) is 18.2. The average molecular weight is 411 g/mol. The van der Waals surface area contributed by atoms with Crippen molar-refractivity contribution in [3.63, 3.8) is 0 Å². The van der Waals surface area contributed by atoms with Gasteiger partial charge in [0.15, 0.2) is 0 Å². The summed E-state index contributed by atoms with van der Waals surface area (Å²) in [5.74, 6) is 0.463. The molecule has 156 valence electrons. The Morgan fingerprint density at radius 2 is 1.68 bits per heavy atom. The summed E-state index contributed by atoms with van der Waals surface area (Å²) in [5, 5.41) is 6.93. The summed E-state index contributed by atoms with van der Waals surface area (Å²) in [4.78, 5) is 21.7. The van der Waals surface area contributed by atoms with E-state index in [1.165, 1.54) is 5.56 Å². The maximum atomic E-state index is 12.9.